The standard InChI is InChI=1S/C18H17N3/c1-12-13(11-20-21-12)10-19-18-16-8-4-2-6-14(16)15-7-3-5-9-17(15)18/h2-9,11,18-19H,10H2,1H3,(H,20,21). The summed E-state index contributed by atoms with van der Waals surface area (Å²) in [5, 5.41) is 10.8. The van der Waals surface area contributed by atoms with E-state index >= 15 is 0 Å². The first-order chi connectivity index (χ1) is 10.3. The molecule has 0 unspecified atom stereocenters. The molecule has 1 aromatic heterocycles. The number of fused-ring (bicyclic) bond motifs is 3. The smallest absolute Gasteiger partial charge is 0.0591 e. The fraction of sp³-hybridized carbons (Fsp3) is 0.167. The molecule has 3 nitrogen and oxygen atoms in total. The van der Waals surface area contributed by atoms with E-state index in [0.717, 1.165) is 12.2 Å². The normalized spacial score (nSPS) is 13.2. The molecule has 1 aliphatic rings. The summed E-state index contributed by atoms with van der Waals surface area (Å²) in [4.78, 5) is 0. The highest BCUT2D eigenvalue weighted by molar-refractivity contribution is 5.78. The molecule has 0 saturated heterocycles. The van der Waals surface area contributed by atoms with Gasteiger partial charge in [0.1, 0.15) is 0 Å². The molecule has 0 fully saturated rings. The molecule has 4 rings (SSSR count). The van der Waals surface area contributed by atoms with Crippen molar-refractivity contribution in [3.63, 3.8) is 0 Å². The van der Waals surface area contributed by atoms with Gasteiger partial charge >= 0.3 is 0 Å². The molecule has 0 aliphatic heterocycles. The molecule has 2 aromatic carbocycles. The maximum atomic E-state index is 4.09. The second-order valence-electron chi connectivity index (χ2n) is 5.51. The van der Waals surface area contributed by atoms with Gasteiger partial charge in [-0.2, -0.15) is 5.10 Å². The summed E-state index contributed by atoms with van der Waals surface area (Å²) in [6, 6.07) is 17.6. The van der Waals surface area contributed by atoms with Crippen molar-refractivity contribution >= 4 is 0 Å². The van der Waals surface area contributed by atoms with Crippen LogP contribution >= 0.6 is 0 Å². The van der Waals surface area contributed by atoms with E-state index < -0.39 is 0 Å². The van der Waals surface area contributed by atoms with Crippen LogP contribution in [0.5, 0.6) is 0 Å². The van der Waals surface area contributed by atoms with E-state index in [4.69, 9.17) is 0 Å². The molecular formula is C18H17N3. The fourth-order valence-electron chi connectivity index (χ4n) is 3.14. The number of H-pyrrole nitrogens is 1. The van der Waals surface area contributed by atoms with Gasteiger partial charge in [0.05, 0.1) is 12.2 Å². The number of rotatable bonds is 3. The highest BCUT2D eigenvalue weighted by Crippen LogP contribution is 2.43. The van der Waals surface area contributed by atoms with Crippen LogP contribution in [0.3, 0.4) is 0 Å². The minimum atomic E-state index is 0.256. The topological polar surface area (TPSA) is 40.7 Å². The third kappa shape index (κ3) is 1.98. The largest absolute Gasteiger partial charge is 0.302 e. The molecular weight excluding hydrogens is 258 g/mol. The number of nitrogens with one attached hydrogen (secondary N) is 2. The van der Waals surface area contributed by atoms with E-state index in [0.29, 0.717) is 0 Å². The number of hydrogen-bond donors (Lipinski definition) is 2. The van der Waals surface area contributed by atoms with Crippen molar-refractivity contribution < 1.29 is 0 Å². The van der Waals surface area contributed by atoms with Crippen LogP contribution in [-0.2, 0) is 6.54 Å². The second-order valence-corrected chi connectivity index (χ2v) is 5.51. The average molecular weight is 275 g/mol. The fourth-order valence-corrected chi connectivity index (χ4v) is 3.14. The van der Waals surface area contributed by atoms with Gasteiger partial charge in [0.15, 0.2) is 0 Å². The molecule has 0 radical (unpaired) electrons. The third-order valence-corrected chi connectivity index (χ3v) is 4.26. The molecule has 1 heterocycles. The van der Waals surface area contributed by atoms with Crippen molar-refractivity contribution in [2.45, 2.75) is 19.5 Å². The van der Waals surface area contributed by atoms with Crippen LogP contribution in [0.1, 0.15) is 28.4 Å². The zero-order valence-corrected chi connectivity index (χ0v) is 11.9. The summed E-state index contributed by atoms with van der Waals surface area (Å²) in [5.41, 5.74) is 7.75. The Balaban J connectivity index is 1.70. The Labute approximate surface area is 124 Å². The molecule has 0 saturated carbocycles. The minimum absolute atomic E-state index is 0.256. The van der Waals surface area contributed by atoms with Crippen molar-refractivity contribution in [1.82, 2.24) is 15.5 Å². The Hall–Kier alpha value is -2.39. The van der Waals surface area contributed by atoms with E-state index in [2.05, 4.69) is 71.0 Å². The van der Waals surface area contributed by atoms with Crippen LogP contribution in [0.4, 0.5) is 0 Å². The third-order valence-electron chi connectivity index (χ3n) is 4.26. The first kappa shape index (κ1) is 12.4. The van der Waals surface area contributed by atoms with Crippen LogP contribution in [0.25, 0.3) is 11.1 Å². The van der Waals surface area contributed by atoms with E-state index in [1.807, 2.05) is 6.20 Å². The molecule has 3 heteroatoms. The van der Waals surface area contributed by atoms with Crippen LogP contribution in [-0.4, -0.2) is 10.2 Å². The van der Waals surface area contributed by atoms with Crippen molar-refractivity contribution in [3.05, 3.63) is 77.1 Å². The number of benzene rings is 2. The Morgan fingerprint density at radius 3 is 2.19 bits per heavy atom. The number of nitrogens with zero attached hydrogens (tertiary/aromatic N) is 1. The van der Waals surface area contributed by atoms with Crippen molar-refractivity contribution in [1.29, 1.82) is 0 Å². The zero-order valence-electron chi connectivity index (χ0n) is 11.9. The lowest BCUT2D eigenvalue weighted by molar-refractivity contribution is 0.614. The number of aryl methyl sites for hydroxylation is 1. The SMILES string of the molecule is Cc1[nH]ncc1CNC1c2ccccc2-c2ccccc21. The lowest BCUT2D eigenvalue weighted by atomic mass is 10.1. The van der Waals surface area contributed by atoms with Crippen LogP contribution in [0.15, 0.2) is 54.7 Å². The maximum absolute atomic E-state index is 4.09. The molecule has 0 amide bonds. The summed E-state index contributed by atoms with van der Waals surface area (Å²) < 4.78 is 0. The summed E-state index contributed by atoms with van der Waals surface area (Å²) >= 11 is 0. The number of aromatic nitrogens is 2. The average Bonchev–Trinajstić information content (AvgIpc) is 3.07. The molecule has 0 spiro atoms. The van der Waals surface area contributed by atoms with Crippen molar-refractivity contribution in [2.24, 2.45) is 0 Å². The van der Waals surface area contributed by atoms with E-state index in [9.17, 15) is 0 Å². The Kier molecular flexibility index (Phi) is 2.86. The van der Waals surface area contributed by atoms with Crippen LogP contribution in [0, 0.1) is 6.92 Å². The lowest BCUT2D eigenvalue weighted by Gasteiger charge is -2.15. The maximum Gasteiger partial charge on any atom is 0.0591 e. The summed E-state index contributed by atoms with van der Waals surface area (Å²) in [5.74, 6) is 0. The highest BCUT2D eigenvalue weighted by atomic mass is 15.1. The van der Waals surface area contributed by atoms with Gasteiger partial charge < -0.3 is 5.32 Å². The van der Waals surface area contributed by atoms with Gasteiger partial charge in [-0.25, -0.2) is 0 Å². The predicted molar refractivity (Wildman–Crippen MR) is 83.9 cm³/mol. The second kappa shape index (κ2) is 4.86. The van der Waals surface area contributed by atoms with Gasteiger partial charge in [-0.05, 0) is 29.2 Å². The summed E-state index contributed by atoms with van der Waals surface area (Å²) in [6.07, 6.45) is 1.90. The van der Waals surface area contributed by atoms with Gasteiger partial charge in [0.25, 0.3) is 0 Å². The Morgan fingerprint density at radius 2 is 1.62 bits per heavy atom. The summed E-state index contributed by atoms with van der Waals surface area (Å²) in [6.45, 7) is 2.87. The lowest BCUT2D eigenvalue weighted by Crippen LogP contribution is -2.20. The number of aromatic amines is 1. The highest BCUT2D eigenvalue weighted by Gasteiger charge is 2.27. The number of hydrogen-bond acceptors (Lipinski definition) is 2. The Bertz CT molecular complexity index is 743. The summed E-state index contributed by atoms with van der Waals surface area (Å²) in [7, 11) is 0. The first-order valence-electron chi connectivity index (χ1n) is 7.25. The molecule has 3 aromatic rings. The zero-order chi connectivity index (χ0) is 14.2. The van der Waals surface area contributed by atoms with E-state index in [-0.39, 0.29) is 6.04 Å². The molecule has 104 valence electrons. The molecule has 1 aliphatic carbocycles. The van der Waals surface area contributed by atoms with Gasteiger partial charge in [-0.3, -0.25) is 5.10 Å². The molecule has 21 heavy (non-hydrogen) atoms. The van der Waals surface area contributed by atoms with Gasteiger partial charge in [0.2, 0.25) is 0 Å². The van der Waals surface area contributed by atoms with E-state index in [1.165, 1.54) is 27.8 Å². The van der Waals surface area contributed by atoms with Crippen LogP contribution < -0.4 is 5.32 Å². The van der Waals surface area contributed by atoms with Crippen molar-refractivity contribution in [2.75, 3.05) is 0 Å². The van der Waals surface area contributed by atoms with Gasteiger partial charge in [-0.15, -0.1) is 0 Å². The first-order valence-corrected chi connectivity index (χ1v) is 7.25. The predicted octanol–water partition coefficient (Wildman–Crippen LogP) is 3.58. The molecule has 0 atom stereocenters. The van der Waals surface area contributed by atoms with Crippen LogP contribution in [0.2, 0.25) is 0 Å². The monoisotopic (exact) mass is 275 g/mol. The van der Waals surface area contributed by atoms with Gasteiger partial charge in [0, 0.05) is 17.8 Å². The molecule has 0 bridgehead atoms. The Morgan fingerprint density at radius 1 is 1.00 bits per heavy atom. The minimum Gasteiger partial charge on any atom is -0.302 e. The molecule has 2 N–H and O–H groups in total. The van der Waals surface area contributed by atoms with Crippen molar-refractivity contribution in [3.8, 4) is 11.1 Å². The van der Waals surface area contributed by atoms with E-state index in [1.54, 1.807) is 0 Å². The van der Waals surface area contributed by atoms with Gasteiger partial charge in [-0.1, -0.05) is 48.5 Å². The quantitative estimate of drug-likeness (QED) is 0.767.